The first-order valence-electron chi connectivity index (χ1n) is 9.94. The maximum absolute atomic E-state index is 13.8. The van der Waals surface area contributed by atoms with Crippen LogP contribution in [0.25, 0.3) is 0 Å². The Kier molecular flexibility index (Phi) is 5.41. The molecule has 7 heteroatoms. The van der Waals surface area contributed by atoms with Crippen LogP contribution in [0.4, 0.5) is 14.5 Å². The number of hydrogen-bond acceptors (Lipinski definition) is 4. The van der Waals surface area contributed by atoms with Gasteiger partial charge in [-0.25, -0.2) is 8.78 Å². The Labute approximate surface area is 168 Å². The Morgan fingerprint density at radius 1 is 1.07 bits per heavy atom. The summed E-state index contributed by atoms with van der Waals surface area (Å²) in [4.78, 5) is 12.3. The van der Waals surface area contributed by atoms with Crippen molar-refractivity contribution in [2.75, 3.05) is 11.9 Å². The molecule has 1 atom stereocenters. The summed E-state index contributed by atoms with van der Waals surface area (Å²) in [5.74, 6) is -0.764. The summed E-state index contributed by atoms with van der Waals surface area (Å²) >= 11 is 0. The molecule has 1 heterocycles. The molecule has 1 aliphatic heterocycles. The highest BCUT2D eigenvalue weighted by molar-refractivity contribution is 5.92. The predicted molar refractivity (Wildman–Crippen MR) is 105 cm³/mol. The lowest BCUT2D eigenvalue weighted by Gasteiger charge is -2.31. The smallest absolute Gasteiger partial charge is 0.251 e. The Morgan fingerprint density at radius 3 is 2.59 bits per heavy atom. The predicted octanol–water partition coefficient (Wildman–Crippen LogP) is 4.69. The zero-order chi connectivity index (χ0) is 20.4. The van der Waals surface area contributed by atoms with E-state index >= 15 is 0 Å². The fourth-order valence-corrected chi connectivity index (χ4v) is 3.88. The van der Waals surface area contributed by atoms with Crippen LogP contribution in [0.2, 0.25) is 0 Å². The maximum Gasteiger partial charge on any atom is 0.251 e. The summed E-state index contributed by atoms with van der Waals surface area (Å²) in [5.41, 5.74) is 0.910. The van der Waals surface area contributed by atoms with E-state index in [4.69, 9.17) is 9.47 Å². The highest BCUT2D eigenvalue weighted by Gasteiger charge is 2.42. The number of rotatable bonds is 5. The van der Waals surface area contributed by atoms with Gasteiger partial charge < -0.3 is 20.1 Å². The fourth-order valence-electron chi connectivity index (χ4n) is 3.88. The topological polar surface area (TPSA) is 59.6 Å². The number of benzene rings is 2. The molecule has 154 valence electrons. The van der Waals surface area contributed by atoms with Gasteiger partial charge in [0.1, 0.15) is 11.6 Å². The summed E-state index contributed by atoms with van der Waals surface area (Å²) in [7, 11) is 0. The molecule has 5 nitrogen and oxygen atoms in total. The van der Waals surface area contributed by atoms with E-state index in [1.165, 1.54) is 18.6 Å². The van der Waals surface area contributed by atoms with E-state index in [1.807, 2.05) is 0 Å². The molecule has 2 N–H and O–H groups in total. The molecule has 2 aromatic carbocycles. The normalized spacial score (nSPS) is 17.9. The lowest BCUT2D eigenvalue weighted by Crippen LogP contribution is -2.40. The number of amides is 1. The zero-order valence-electron chi connectivity index (χ0n) is 16.3. The van der Waals surface area contributed by atoms with Gasteiger partial charge >= 0.3 is 0 Å². The molecule has 1 amide bonds. The van der Waals surface area contributed by atoms with Crippen molar-refractivity contribution < 1.29 is 23.0 Å². The van der Waals surface area contributed by atoms with E-state index in [-0.39, 0.29) is 12.5 Å². The van der Waals surface area contributed by atoms with Crippen LogP contribution in [-0.2, 0) is 4.79 Å². The number of fused-ring (bicyclic) bond motifs is 1. The van der Waals surface area contributed by atoms with E-state index < -0.39 is 23.5 Å². The van der Waals surface area contributed by atoms with Crippen LogP contribution < -0.4 is 20.1 Å². The monoisotopic (exact) mass is 402 g/mol. The molecule has 0 unspecified atom stereocenters. The number of halogens is 2. The lowest BCUT2D eigenvalue weighted by molar-refractivity contribution is -0.115. The van der Waals surface area contributed by atoms with Crippen molar-refractivity contribution in [2.45, 2.75) is 50.9 Å². The molecule has 0 aromatic heterocycles. The molecule has 4 rings (SSSR count). The van der Waals surface area contributed by atoms with Crippen molar-refractivity contribution in [1.82, 2.24) is 5.32 Å². The van der Waals surface area contributed by atoms with Crippen LogP contribution in [0.15, 0.2) is 36.4 Å². The molecular weight excluding hydrogens is 378 g/mol. The van der Waals surface area contributed by atoms with Gasteiger partial charge in [0, 0.05) is 42.3 Å². The minimum Gasteiger partial charge on any atom is -0.448 e. The van der Waals surface area contributed by atoms with Gasteiger partial charge in [-0.3, -0.25) is 4.79 Å². The van der Waals surface area contributed by atoms with E-state index in [0.717, 1.165) is 31.7 Å². The summed E-state index contributed by atoms with van der Waals surface area (Å²) < 4.78 is 39.0. The Balaban J connectivity index is 1.33. The molecule has 0 saturated heterocycles. The number of carbonyl (C=O) groups excluding carboxylic acids is 1. The Bertz CT molecular complexity index is 913. The lowest BCUT2D eigenvalue weighted by atomic mass is 9.94. The van der Waals surface area contributed by atoms with Crippen LogP contribution in [-0.4, -0.2) is 18.2 Å². The third-order valence-electron chi connectivity index (χ3n) is 5.43. The number of nitrogens with one attached hydrogen (secondary N) is 2. The van der Waals surface area contributed by atoms with E-state index in [1.54, 1.807) is 25.1 Å². The van der Waals surface area contributed by atoms with Gasteiger partial charge in [-0.1, -0.05) is 12.5 Å². The molecule has 29 heavy (non-hydrogen) atoms. The van der Waals surface area contributed by atoms with Gasteiger partial charge in [-0.05, 0) is 38.0 Å². The number of hydrogen-bond donors (Lipinski definition) is 2. The zero-order valence-corrected chi connectivity index (χ0v) is 16.3. The quantitative estimate of drug-likeness (QED) is 0.762. The van der Waals surface area contributed by atoms with Crippen molar-refractivity contribution in [1.29, 1.82) is 0 Å². The Morgan fingerprint density at radius 2 is 1.83 bits per heavy atom. The summed E-state index contributed by atoms with van der Waals surface area (Å²) in [6.45, 7) is 1.70. The Hall–Kier alpha value is -2.67. The fraction of sp³-hybridized carbons (Fsp3) is 0.409. The van der Waals surface area contributed by atoms with Crippen molar-refractivity contribution in [3.63, 3.8) is 0 Å². The van der Waals surface area contributed by atoms with Gasteiger partial charge in [-0.15, -0.1) is 0 Å². The van der Waals surface area contributed by atoms with Gasteiger partial charge in [0.15, 0.2) is 11.5 Å². The van der Waals surface area contributed by atoms with E-state index in [0.29, 0.717) is 22.7 Å². The first-order valence-corrected chi connectivity index (χ1v) is 9.94. The second kappa shape index (κ2) is 7.99. The molecule has 2 aromatic rings. The second-order valence-corrected chi connectivity index (χ2v) is 7.65. The third-order valence-corrected chi connectivity index (χ3v) is 5.43. The molecule has 1 aliphatic carbocycles. The summed E-state index contributed by atoms with van der Waals surface area (Å²) in [6, 6.07) is 8.30. The first-order chi connectivity index (χ1) is 13.9. The van der Waals surface area contributed by atoms with Crippen LogP contribution in [0.1, 0.15) is 50.6 Å². The van der Waals surface area contributed by atoms with E-state index in [2.05, 4.69) is 10.6 Å². The SMILES string of the molecule is C[C@H](NCC(=O)Nc1ccc2c(c1)OC1(CCCCC1)O2)c1ccc(F)cc1F. The van der Waals surface area contributed by atoms with E-state index in [9.17, 15) is 13.6 Å². The van der Waals surface area contributed by atoms with Crippen LogP contribution in [0, 0.1) is 11.6 Å². The van der Waals surface area contributed by atoms with Gasteiger partial charge in [0.25, 0.3) is 5.79 Å². The molecular formula is C22H24F2N2O3. The minimum absolute atomic E-state index is 0.0175. The van der Waals surface area contributed by atoms with Gasteiger partial charge in [0.05, 0.1) is 6.54 Å². The minimum atomic E-state index is -0.641. The highest BCUT2D eigenvalue weighted by Crippen LogP contribution is 2.46. The third kappa shape index (κ3) is 4.34. The summed E-state index contributed by atoms with van der Waals surface area (Å²) in [6.07, 6.45) is 5.09. The molecule has 1 fully saturated rings. The van der Waals surface area contributed by atoms with Crippen molar-refractivity contribution >= 4 is 11.6 Å². The highest BCUT2D eigenvalue weighted by atomic mass is 19.1. The molecule has 1 saturated carbocycles. The van der Waals surface area contributed by atoms with Gasteiger partial charge in [0.2, 0.25) is 5.91 Å². The molecule has 1 spiro atoms. The van der Waals surface area contributed by atoms with Crippen molar-refractivity contribution in [2.24, 2.45) is 0 Å². The average Bonchev–Trinajstić information content (AvgIpc) is 3.03. The first kappa shape index (κ1) is 19.6. The molecule has 0 radical (unpaired) electrons. The van der Waals surface area contributed by atoms with Crippen LogP contribution in [0.3, 0.4) is 0 Å². The number of carbonyl (C=O) groups is 1. The molecule has 2 aliphatic rings. The number of ether oxygens (including phenoxy) is 2. The second-order valence-electron chi connectivity index (χ2n) is 7.65. The maximum atomic E-state index is 13.8. The average molecular weight is 402 g/mol. The number of anilines is 1. The largest absolute Gasteiger partial charge is 0.448 e. The van der Waals surface area contributed by atoms with Crippen molar-refractivity contribution in [3.05, 3.63) is 53.6 Å². The summed E-state index contributed by atoms with van der Waals surface area (Å²) in [5, 5.41) is 5.75. The standard InChI is InChI=1S/C22H24F2N2O3/c1-14(17-7-5-15(23)11-18(17)24)25-13-21(27)26-16-6-8-19-20(12-16)29-22(28-19)9-3-2-4-10-22/h5-8,11-12,14,25H,2-4,9-10,13H2,1H3,(H,26,27)/t14-/m0/s1. The molecule has 0 bridgehead atoms. The van der Waals surface area contributed by atoms with Crippen LogP contribution >= 0.6 is 0 Å². The van der Waals surface area contributed by atoms with Crippen LogP contribution in [0.5, 0.6) is 11.5 Å². The van der Waals surface area contributed by atoms with Gasteiger partial charge in [-0.2, -0.15) is 0 Å². The van der Waals surface area contributed by atoms with Crippen molar-refractivity contribution in [3.8, 4) is 11.5 Å².